The fraction of sp³-hybridized carbons (Fsp3) is 0. The average molecular weight is 466 g/mol. The summed E-state index contributed by atoms with van der Waals surface area (Å²) in [4.78, 5) is 20.9. The first kappa shape index (κ1) is 20.1. The molecule has 0 radical (unpaired) electrons. The van der Waals surface area contributed by atoms with Crippen molar-refractivity contribution in [3.8, 4) is 28.5 Å². The van der Waals surface area contributed by atoms with Crippen LogP contribution in [-0.2, 0) is 0 Å². The molecule has 2 aromatic carbocycles. The van der Waals surface area contributed by atoms with Gasteiger partial charge < -0.3 is 19.3 Å². The number of nitrogens with zero attached hydrogens (tertiary/aromatic N) is 2. The molecule has 0 saturated heterocycles. The fourth-order valence-electron chi connectivity index (χ4n) is 3.14. The lowest BCUT2D eigenvalue weighted by Gasteiger charge is -2.06. The van der Waals surface area contributed by atoms with Crippen LogP contribution in [0.1, 0.15) is 10.6 Å². The second kappa shape index (κ2) is 8.03. The number of rotatable bonds is 4. The van der Waals surface area contributed by atoms with Crippen molar-refractivity contribution in [1.29, 1.82) is 0 Å². The molecule has 5 rings (SSSR count). The van der Waals surface area contributed by atoms with Gasteiger partial charge in [-0.05, 0) is 42.5 Å². The summed E-state index contributed by atoms with van der Waals surface area (Å²) >= 11 is 12.0. The maximum atomic E-state index is 12.6. The van der Waals surface area contributed by atoms with Crippen LogP contribution in [0.15, 0.2) is 75.8 Å². The Morgan fingerprint density at radius 1 is 0.969 bits per heavy atom. The number of pyridine rings is 1. The van der Waals surface area contributed by atoms with Crippen LogP contribution in [0.5, 0.6) is 5.75 Å². The standard InChI is InChI=1S/C23H13Cl2N3O4/c24-15-4-1-12(9-16(15)25)19-5-6-21(31-19)22(30)27-13-2-3-14(18(29)10-13)23-28-17-11-26-8-7-20(17)32-23/h1-11,29H,(H,27,30). The van der Waals surface area contributed by atoms with Crippen LogP contribution in [-0.4, -0.2) is 21.0 Å². The van der Waals surface area contributed by atoms with E-state index >= 15 is 0 Å². The van der Waals surface area contributed by atoms with Crippen LogP contribution in [0.3, 0.4) is 0 Å². The Bertz CT molecular complexity index is 1440. The molecular formula is C23H13Cl2N3O4. The second-order valence-corrected chi connectivity index (χ2v) is 7.66. The van der Waals surface area contributed by atoms with E-state index in [0.29, 0.717) is 43.7 Å². The first-order chi connectivity index (χ1) is 15.5. The molecule has 2 N–H and O–H groups in total. The summed E-state index contributed by atoms with van der Waals surface area (Å²) in [6, 6.07) is 14.6. The Hall–Kier alpha value is -3.81. The van der Waals surface area contributed by atoms with Crippen molar-refractivity contribution in [1.82, 2.24) is 9.97 Å². The molecule has 0 aliphatic rings. The quantitative estimate of drug-likeness (QED) is 0.317. The predicted octanol–water partition coefficient (Wildman–Crippen LogP) is 6.41. The summed E-state index contributed by atoms with van der Waals surface area (Å²) < 4.78 is 11.3. The van der Waals surface area contributed by atoms with Crippen LogP contribution in [0.25, 0.3) is 33.9 Å². The number of amides is 1. The minimum absolute atomic E-state index is 0.0982. The number of carbonyl (C=O) groups excluding carboxylic acids is 1. The number of phenols is 1. The zero-order chi connectivity index (χ0) is 22.2. The molecule has 9 heteroatoms. The highest BCUT2D eigenvalue weighted by atomic mass is 35.5. The number of aromatic hydroxyl groups is 1. The van der Waals surface area contributed by atoms with Gasteiger partial charge in [0, 0.05) is 29.6 Å². The normalized spacial score (nSPS) is 11.1. The monoisotopic (exact) mass is 465 g/mol. The number of phenolic OH excluding ortho intramolecular Hbond substituents is 1. The number of hydrogen-bond acceptors (Lipinski definition) is 6. The van der Waals surface area contributed by atoms with E-state index in [9.17, 15) is 9.90 Å². The third-order valence-corrected chi connectivity index (χ3v) is 5.45. The van der Waals surface area contributed by atoms with Gasteiger partial charge in [0.1, 0.15) is 17.0 Å². The van der Waals surface area contributed by atoms with Crippen molar-refractivity contribution >= 4 is 45.9 Å². The maximum absolute atomic E-state index is 12.6. The van der Waals surface area contributed by atoms with Gasteiger partial charge >= 0.3 is 0 Å². The number of aromatic nitrogens is 2. The number of carbonyl (C=O) groups is 1. The number of anilines is 1. The zero-order valence-electron chi connectivity index (χ0n) is 16.2. The topological polar surface area (TPSA) is 101 Å². The fourth-order valence-corrected chi connectivity index (χ4v) is 3.44. The summed E-state index contributed by atoms with van der Waals surface area (Å²) in [5.74, 6) is 0.244. The van der Waals surface area contributed by atoms with E-state index in [1.165, 1.54) is 6.07 Å². The number of hydrogen-bond donors (Lipinski definition) is 2. The molecule has 0 spiro atoms. The third-order valence-electron chi connectivity index (χ3n) is 4.71. The lowest BCUT2D eigenvalue weighted by atomic mass is 10.1. The number of nitrogens with one attached hydrogen (secondary N) is 1. The molecule has 5 aromatic rings. The first-order valence-corrected chi connectivity index (χ1v) is 10.1. The number of halogens is 2. The molecule has 0 bridgehead atoms. The molecule has 0 fully saturated rings. The number of benzene rings is 2. The Labute approximate surface area is 191 Å². The van der Waals surface area contributed by atoms with Crippen molar-refractivity contribution in [2.24, 2.45) is 0 Å². The number of furan rings is 1. The summed E-state index contributed by atoms with van der Waals surface area (Å²) in [6.45, 7) is 0. The zero-order valence-corrected chi connectivity index (χ0v) is 17.7. The smallest absolute Gasteiger partial charge is 0.291 e. The van der Waals surface area contributed by atoms with E-state index in [1.807, 2.05) is 0 Å². The summed E-state index contributed by atoms with van der Waals surface area (Å²) in [7, 11) is 0. The van der Waals surface area contributed by atoms with Crippen molar-refractivity contribution in [2.75, 3.05) is 5.32 Å². The van der Waals surface area contributed by atoms with Crippen LogP contribution in [0.4, 0.5) is 5.69 Å². The molecule has 0 unspecified atom stereocenters. The molecule has 0 saturated carbocycles. The molecule has 3 heterocycles. The van der Waals surface area contributed by atoms with Crippen molar-refractivity contribution in [2.45, 2.75) is 0 Å². The Balaban J connectivity index is 1.35. The summed E-state index contributed by atoms with van der Waals surface area (Å²) in [5, 5.41) is 13.9. The van der Waals surface area contributed by atoms with Gasteiger partial charge in [-0.1, -0.05) is 23.2 Å². The van der Waals surface area contributed by atoms with Crippen LogP contribution in [0.2, 0.25) is 10.0 Å². The van der Waals surface area contributed by atoms with Gasteiger partial charge in [-0.15, -0.1) is 0 Å². The van der Waals surface area contributed by atoms with E-state index in [-0.39, 0.29) is 17.4 Å². The van der Waals surface area contributed by atoms with Gasteiger partial charge in [0.25, 0.3) is 5.91 Å². The highest BCUT2D eigenvalue weighted by molar-refractivity contribution is 6.42. The van der Waals surface area contributed by atoms with E-state index in [0.717, 1.165) is 0 Å². The van der Waals surface area contributed by atoms with E-state index < -0.39 is 5.91 Å². The summed E-state index contributed by atoms with van der Waals surface area (Å²) in [6.07, 6.45) is 3.17. The minimum Gasteiger partial charge on any atom is -0.507 e. The molecule has 3 aromatic heterocycles. The van der Waals surface area contributed by atoms with Gasteiger partial charge in [-0.3, -0.25) is 9.78 Å². The van der Waals surface area contributed by atoms with Crippen molar-refractivity contribution in [3.63, 3.8) is 0 Å². The molecule has 32 heavy (non-hydrogen) atoms. The van der Waals surface area contributed by atoms with E-state index in [1.54, 1.807) is 60.9 Å². The SMILES string of the molecule is O=C(Nc1ccc(-c2nc3cnccc3o2)c(O)c1)c1ccc(-c2ccc(Cl)c(Cl)c2)o1. The molecule has 158 valence electrons. The summed E-state index contributed by atoms with van der Waals surface area (Å²) in [5.41, 5.74) is 2.59. The highest BCUT2D eigenvalue weighted by Gasteiger charge is 2.16. The Kier molecular flexibility index (Phi) is 5.05. The van der Waals surface area contributed by atoms with Crippen molar-refractivity contribution in [3.05, 3.63) is 82.8 Å². The number of fused-ring (bicyclic) bond motifs is 1. The van der Waals surface area contributed by atoms with Crippen LogP contribution >= 0.6 is 23.2 Å². The van der Waals surface area contributed by atoms with Gasteiger partial charge in [0.05, 0.1) is 21.8 Å². The second-order valence-electron chi connectivity index (χ2n) is 6.84. The molecule has 0 aliphatic heterocycles. The predicted molar refractivity (Wildman–Crippen MR) is 121 cm³/mol. The molecule has 1 amide bonds. The lowest BCUT2D eigenvalue weighted by Crippen LogP contribution is -2.10. The first-order valence-electron chi connectivity index (χ1n) is 9.38. The largest absolute Gasteiger partial charge is 0.507 e. The van der Waals surface area contributed by atoms with Crippen LogP contribution in [0, 0.1) is 0 Å². The molecular weight excluding hydrogens is 453 g/mol. The maximum Gasteiger partial charge on any atom is 0.291 e. The minimum atomic E-state index is -0.476. The Morgan fingerprint density at radius 2 is 1.84 bits per heavy atom. The Morgan fingerprint density at radius 3 is 2.62 bits per heavy atom. The van der Waals surface area contributed by atoms with Gasteiger partial charge in [0.2, 0.25) is 5.89 Å². The molecule has 0 aliphatic carbocycles. The highest BCUT2D eigenvalue weighted by Crippen LogP contribution is 2.33. The van der Waals surface area contributed by atoms with Gasteiger partial charge in [-0.25, -0.2) is 4.98 Å². The third kappa shape index (κ3) is 3.79. The van der Waals surface area contributed by atoms with Crippen molar-refractivity contribution < 1.29 is 18.7 Å². The van der Waals surface area contributed by atoms with E-state index in [2.05, 4.69) is 15.3 Å². The van der Waals surface area contributed by atoms with Gasteiger partial charge in [0.15, 0.2) is 11.3 Å². The van der Waals surface area contributed by atoms with Crippen LogP contribution < -0.4 is 5.32 Å². The lowest BCUT2D eigenvalue weighted by molar-refractivity contribution is 0.0997. The van der Waals surface area contributed by atoms with Gasteiger partial charge in [-0.2, -0.15) is 0 Å². The average Bonchev–Trinajstić information content (AvgIpc) is 3.43. The number of oxazole rings is 1. The molecule has 0 atom stereocenters. The van der Waals surface area contributed by atoms with E-state index in [4.69, 9.17) is 32.0 Å². The molecule has 7 nitrogen and oxygen atoms in total.